The molecule has 28 heavy (non-hydrogen) atoms. The van der Waals surface area contributed by atoms with E-state index >= 15 is 0 Å². The quantitative estimate of drug-likeness (QED) is 0.379. The number of fused-ring (bicyclic) bond motifs is 4. The summed E-state index contributed by atoms with van der Waals surface area (Å²) >= 11 is 0. The highest BCUT2D eigenvalue weighted by Gasteiger charge is 2.55. The monoisotopic (exact) mass is 390 g/mol. The molecular formula is C26H43FO. The van der Waals surface area contributed by atoms with Crippen molar-refractivity contribution in [2.45, 2.75) is 104 Å². The summed E-state index contributed by atoms with van der Waals surface area (Å²) in [5, 5.41) is 10.2. The Morgan fingerprint density at radius 1 is 1.11 bits per heavy atom. The van der Waals surface area contributed by atoms with Crippen LogP contribution in [0, 0.1) is 40.9 Å². The third kappa shape index (κ3) is 3.72. The summed E-state index contributed by atoms with van der Waals surface area (Å²) in [6, 6.07) is 0. The van der Waals surface area contributed by atoms with Crippen molar-refractivity contribution in [3.05, 3.63) is 11.1 Å². The number of unbranched alkanes of at least 4 members (excludes halogenated alkanes) is 1. The molecule has 0 saturated heterocycles. The molecule has 2 heteroatoms. The van der Waals surface area contributed by atoms with Gasteiger partial charge in [0.05, 0.1) is 12.8 Å². The lowest BCUT2D eigenvalue weighted by molar-refractivity contribution is -0.00227. The van der Waals surface area contributed by atoms with Gasteiger partial charge < -0.3 is 5.11 Å². The SMILES string of the molecule is CC(C)CCCC[C@H]1CCC2[C@@H]3CC(CF)C4=C(CC[C@H](O)C4)C3CC[C@@]21C. The summed E-state index contributed by atoms with van der Waals surface area (Å²) in [7, 11) is 0. The van der Waals surface area contributed by atoms with Crippen LogP contribution in [0.5, 0.6) is 0 Å². The molecule has 0 aromatic heterocycles. The Hall–Kier alpha value is -0.370. The number of halogens is 1. The molecule has 160 valence electrons. The first-order valence-electron chi connectivity index (χ1n) is 12.4. The summed E-state index contributed by atoms with van der Waals surface area (Å²) in [5.74, 6) is 4.09. The fourth-order valence-electron chi connectivity index (χ4n) is 8.02. The molecule has 2 fully saturated rings. The Bertz CT molecular complexity index is 581. The zero-order chi connectivity index (χ0) is 19.9. The molecule has 4 rings (SSSR count). The summed E-state index contributed by atoms with van der Waals surface area (Å²) in [6.07, 6.45) is 14.6. The number of alkyl halides is 1. The lowest BCUT2D eigenvalue weighted by Crippen LogP contribution is -2.46. The average Bonchev–Trinajstić information content (AvgIpc) is 3.00. The molecule has 3 unspecified atom stereocenters. The molecule has 0 aromatic rings. The van der Waals surface area contributed by atoms with E-state index < -0.39 is 0 Å². The van der Waals surface area contributed by atoms with Crippen LogP contribution in [-0.4, -0.2) is 17.9 Å². The minimum atomic E-state index is -0.222. The van der Waals surface area contributed by atoms with E-state index in [2.05, 4.69) is 20.8 Å². The van der Waals surface area contributed by atoms with Crippen LogP contribution in [0.2, 0.25) is 0 Å². The van der Waals surface area contributed by atoms with Crippen molar-refractivity contribution in [2.75, 3.05) is 6.67 Å². The molecule has 0 radical (unpaired) electrons. The Morgan fingerprint density at radius 2 is 1.93 bits per heavy atom. The van der Waals surface area contributed by atoms with Gasteiger partial charge in [-0.3, -0.25) is 4.39 Å². The molecule has 0 amide bonds. The Balaban J connectivity index is 1.48. The van der Waals surface area contributed by atoms with Gasteiger partial charge in [0, 0.05) is 5.92 Å². The highest BCUT2D eigenvalue weighted by Crippen LogP contribution is 2.64. The van der Waals surface area contributed by atoms with Gasteiger partial charge in [-0.2, -0.15) is 0 Å². The fraction of sp³-hybridized carbons (Fsp3) is 0.923. The van der Waals surface area contributed by atoms with Crippen molar-refractivity contribution in [1.82, 2.24) is 0 Å². The zero-order valence-electron chi connectivity index (χ0n) is 18.6. The average molecular weight is 391 g/mol. The molecule has 0 aliphatic heterocycles. The van der Waals surface area contributed by atoms with E-state index in [1.807, 2.05) is 0 Å². The Kier molecular flexibility index (Phi) is 6.27. The number of hydrogen-bond donors (Lipinski definition) is 1. The molecule has 0 bridgehead atoms. The lowest BCUT2D eigenvalue weighted by Gasteiger charge is -2.54. The summed E-state index contributed by atoms with van der Waals surface area (Å²) in [4.78, 5) is 0. The van der Waals surface area contributed by atoms with Crippen LogP contribution in [-0.2, 0) is 0 Å². The van der Waals surface area contributed by atoms with Gasteiger partial charge in [-0.05, 0) is 92.8 Å². The maximum absolute atomic E-state index is 14.0. The number of allylic oxidation sites excluding steroid dienone is 1. The van der Waals surface area contributed by atoms with Gasteiger partial charge in [0.25, 0.3) is 0 Å². The molecule has 7 atom stereocenters. The highest BCUT2D eigenvalue weighted by molar-refractivity contribution is 5.29. The summed E-state index contributed by atoms with van der Waals surface area (Å²) < 4.78 is 14.0. The van der Waals surface area contributed by atoms with Gasteiger partial charge in [0.2, 0.25) is 0 Å². The number of aliphatic hydroxyl groups excluding tert-OH is 1. The molecule has 0 spiro atoms. The summed E-state index contributed by atoms with van der Waals surface area (Å²) in [6.45, 7) is 7.07. The highest BCUT2D eigenvalue weighted by atomic mass is 19.1. The Morgan fingerprint density at radius 3 is 2.68 bits per heavy atom. The van der Waals surface area contributed by atoms with Gasteiger partial charge in [-0.1, -0.05) is 51.2 Å². The van der Waals surface area contributed by atoms with E-state index in [-0.39, 0.29) is 18.7 Å². The predicted molar refractivity (Wildman–Crippen MR) is 115 cm³/mol. The third-order valence-corrected chi connectivity index (χ3v) is 9.52. The van der Waals surface area contributed by atoms with Crippen molar-refractivity contribution in [2.24, 2.45) is 40.9 Å². The topological polar surface area (TPSA) is 20.2 Å². The molecule has 1 nitrogen and oxygen atoms in total. The van der Waals surface area contributed by atoms with E-state index in [1.165, 1.54) is 56.9 Å². The van der Waals surface area contributed by atoms with Crippen molar-refractivity contribution in [1.29, 1.82) is 0 Å². The van der Waals surface area contributed by atoms with Crippen LogP contribution >= 0.6 is 0 Å². The van der Waals surface area contributed by atoms with Gasteiger partial charge in [0.1, 0.15) is 0 Å². The van der Waals surface area contributed by atoms with Crippen LogP contribution in [0.3, 0.4) is 0 Å². The van der Waals surface area contributed by atoms with Gasteiger partial charge in [-0.15, -0.1) is 0 Å². The van der Waals surface area contributed by atoms with E-state index in [0.29, 0.717) is 17.3 Å². The molecule has 2 saturated carbocycles. The third-order valence-electron chi connectivity index (χ3n) is 9.52. The van der Waals surface area contributed by atoms with Crippen molar-refractivity contribution in [3.8, 4) is 0 Å². The summed E-state index contributed by atoms with van der Waals surface area (Å²) in [5.41, 5.74) is 3.45. The van der Waals surface area contributed by atoms with Crippen LogP contribution in [0.4, 0.5) is 4.39 Å². The maximum atomic E-state index is 14.0. The zero-order valence-corrected chi connectivity index (χ0v) is 18.6. The number of aliphatic hydroxyl groups is 1. The molecule has 4 aliphatic rings. The van der Waals surface area contributed by atoms with Crippen LogP contribution < -0.4 is 0 Å². The Labute approximate surface area is 172 Å². The molecular weight excluding hydrogens is 347 g/mol. The molecule has 4 aliphatic carbocycles. The van der Waals surface area contributed by atoms with E-state index in [9.17, 15) is 9.50 Å². The molecule has 0 aromatic carbocycles. The second-order valence-electron chi connectivity index (χ2n) is 11.4. The van der Waals surface area contributed by atoms with Crippen LogP contribution in [0.15, 0.2) is 11.1 Å². The van der Waals surface area contributed by atoms with E-state index in [1.54, 1.807) is 5.57 Å². The van der Waals surface area contributed by atoms with E-state index in [4.69, 9.17) is 0 Å². The normalized spacial score (nSPS) is 43.1. The van der Waals surface area contributed by atoms with Crippen molar-refractivity contribution in [3.63, 3.8) is 0 Å². The first-order chi connectivity index (χ1) is 13.4. The number of hydrogen-bond acceptors (Lipinski definition) is 1. The van der Waals surface area contributed by atoms with E-state index in [0.717, 1.165) is 43.4 Å². The minimum Gasteiger partial charge on any atom is -0.393 e. The van der Waals surface area contributed by atoms with Crippen LogP contribution in [0.1, 0.15) is 97.8 Å². The minimum absolute atomic E-state index is 0.110. The molecule has 1 N–H and O–H groups in total. The maximum Gasteiger partial charge on any atom is 0.0959 e. The molecule has 0 heterocycles. The first kappa shape index (κ1) is 20.9. The standard InChI is InChI=1S/C26H43FO/c1-17(2)6-4-5-7-19-8-11-25-24-14-18(16-27)23-15-20(28)9-10-21(23)22(24)12-13-26(19,25)3/h17-20,22,24-25,28H,4-16H2,1-3H3/t18?,19-,20-,22?,24+,25?,26+/m0/s1. The van der Waals surface area contributed by atoms with Crippen molar-refractivity contribution >= 4 is 0 Å². The smallest absolute Gasteiger partial charge is 0.0959 e. The largest absolute Gasteiger partial charge is 0.393 e. The number of rotatable bonds is 6. The van der Waals surface area contributed by atoms with Gasteiger partial charge in [0.15, 0.2) is 0 Å². The lowest BCUT2D eigenvalue weighted by atomic mass is 9.51. The van der Waals surface area contributed by atoms with Gasteiger partial charge >= 0.3 is 0 Å². The second kappa shape index (κ2) is 8.40. The first-order valence-corrected chi connectivity index (χ1v) is 12.4. The predicted octanol–water partition coefficient (Wildman–Crippen LogP) is 7.09. The fourth-order valence-corrected chi connectivity index (χ4v) is 8.02. The van der Waals surface area contributed by atoms with Crippen molar-refractivity contribution < 1.29 is 9.50 Å². The van der Waals surface area contributed by atoms with Crippen LogP contribution in [0.25, 0.3) is 0 Å². The second-order valence-corrected chi connectivity index (χ2v) is 11.4. The van der Waals surface area contributed by atoms with Gasteiger partial charge in [-0.25, -0.2) is 0 Å².